The summed E-state index contributed by atoms with van der Waals surface area (Å²) in [5, 5.41) is 0. The first-order chi connectivity index (χ1) is 26.5. The fraction of sp³-hybridized carbons (Fsp3) is 0.0769. The fourth-order valence-electron chi connectivity index (χ4n) is 8.87. The predicted molar refractivity (Wildman–Crippen MR) is 223 cm³/mol. The smallest absolute Gasteiger partial charge is 0.185 e. The number of anilines is 3. The lowest BCUT2D eigenvalue weighted by Gasteiger charge is -2.42. The molecule has 54 heavy (non-hydrogen) atoms. The molecule has 8 aromatic rings. The van der Waals surface area contributed by atoms with Gasteiger partial charge >= 0.3 is 0 Å². The minimum atomic E-state index is -0.908. The highest BCUT2D eigenvalue weighted by Crippen LogP contribution is 2.54. The number of fused-ring (bicyclic) bond motifs is 6. The number of nitrogens with zero attached hydrogens (tertiary/aromatic N) is 1. The first kappa shape index (κ1) is 32.0. The van der Waals surface area contributed by atoms with E-state index in [0.717, 1.165) is 56.2 Å². The van der Waals surface area contributed by atoms with Crippen LogP contribution in [-0.2, 0) is 11.0 Å². The van der Waals surface area contributed by atoms with Crippen LogP contribution in [0, 0.1) is 0 Å². The van der Waals surface area contributed by atoms with Crippen LogP contribution >= 0.6 is 0 Å². The molecule has 0 unspecified atom stereocenters. The molecule has 0 radical (unpaired) electrons. The molecule has 8 aromatic carbocycles. The molecule has 0 saturated carbocycles. The molecule has 0 fully saturated rings. The second-order valence-electron chi connectivity index (χ2n) is 14.9. The molecule has 2 heteroatoms. The Labute approximate surface area is 317 Å². The fourth-order valence-corrected chi connectivity index (χ4v) is 8.87. The van der Waals surface area contributed by atoms with E-state index < -0.39 is 5.60 Å². The number of benzene rings is 8. The molecule has 0 saturated heterocycles. The average Bonchev–Trinajstić information content (AvgIpc) is 3.47. The molecule has 0 bridgehead atoms. The summed E-state index contributed by atoms with van der Waals surface area (Å²) in [7, 11) is 0. The third-order valence-corrected chi connectivity index (χ3v) is 11.5. The Morgan fingerprint density at radius 2 is 0.870 bits per heavy atom. The van der Waals surface area contributed by atoms with E-state index >= 15 is 0 Å². The Morgan fingerprint density at radius 1 is 0.370 bits per heavy atom. The number of rotatable bonds is 6. The lowest BCUT2D eigenvalue weighted by Crippen LogP contribution is -2.38. The first-order valence-corrected chi connectivity index (χ1v) is 18.8. The largest absolute Gasteiger partial charge is 0.472 e. The van der Waals surface area contributed by atoms with Crippen LogP contribution < -0.4 is 9.64 Å². The van der Waals surface area contributed by atoms with Gasteiger partial charge in [0.05, 0.1) is 0 Å². The Bertz CT molecular complexity index is 2570. The third kappa shape index (κ3) is 4.94. The van der Waals surface area contributed by atoms with Crippen molar-refractivity contribution in [2.24, 2.45) is 0 Å². The van der Waals surface area contributed by atoms with Crippen LogP contribution in [0.15, 0.2) is 200 Å². The molecule has 2 nitrogen and oxygen atoms in total. The van der Waals surface area contributed by atoms with Crippen molar-refractivity contribution in [1.29, 1.82) is 0 Å². The Hall–Kier alpha value is -6.64. The molecule has 0 spiro atoms. The van der Waals surface area contributed by atoms with Gasteiger partial charge in [-0.3, -0.25) is 0 Å². The minimum absolute atomic E-state index is 0.0386. The van der Waals surface area contributed by atoms with Crippen LogP contribution in [0.3, 0.4) is 0 Å². The summed E-state index contributed by atoms with van der Waals surface area (Å²) in [5.74, 6) is 0.841. The van der Waals surface area contributed by atoms with Crippen molar-refractivity contribution >= 4 is 17.1 Å². The van der Waals surface area contributed by atoms with E-state index in [9.17, 15) is 0 Å². The zero-order valence-electron chi connectivity index (χ0n) is 30.4. The molecule has 1 aliphatic heterocycles. The predicted octanol–water partition coefficient (Wildman–Crippen LogP) is 13.5. The molecule has 0 N–H and O–H groups in total. The maximum absolute atomic E-state index is 7.59. The van der Waals surface area contributed by atoms with Crippen LogP contribution in [0.5, 0.6) is 5.75 Å². The molecule has 0 atom stereocenters. The van der Waals surface area contributed by atoms with E-state index in [-0.39, 0.29) is 5.41 Å². The molecule has 258 valence electrons. The highest BCUT2D eigenvalue weighted by Gasteiger charge is 2.45. The summed E-state index contributed by atoms with van der Waals surface area (Å²) >= 11 is 0. The molecule has 0 amide bonds. The molecular weight excluding hydrogens is 655 g/mol. The molecule has 10 rings (SSSR count). The van der Waals surface area contributed by atoms with E-state index in [1.165, 1.54) is 27.8 Å². The van der Waals surface area contributed by atoms with E-state index in [2.05, 4.69) is 219 Å². The summed E-state index contributed by atoms with van der Waals surface area (Å²) in [6, 6.07) is 72.0. The Morgan fingerprint density at radius 3 is 1.52 bits per heavy atom. The summed E-state index contributed by atoms with van der Waals surface area (Å²) in [6.07, 6.45) is 0. The van der Waals surface area contributed by atoms with Crippen LogP contribution in [0.4, 0.5) is 17.1 Å². The van der Waals surface area contributed by atoms with Crippen molar-refractivity contribution in [3.63, 3.8) is 0 Å². The van der Waals surface area contributed by atoms with Gasteiger partial charge in [-0.1, -0.05) is 159 Å². The van der Waals surface area contributed by atoms with E-state index in [1.54, 1.807) is 0 Å². The summed E-state index contributed by atoms with van der Waals surface area (Å²) in [5.41, 5.74) is 15.6. The molecule has 0 aromatic heterocycles. The number of ether oxygens (including phenoxy) is 1. The Balaban J connectivity index is 1.20. The lowest BCUT2D eigenvalue weighted by molar-refractivity contribution is 0.152. The van der Waals surface area contributed by atoms with Gasteiger partial charge in [-0.15, -0.1) is 0 Å². The van der Waals surface area contributed by atoms with Crippen molar-refractivity contribution in [2.75, 3.05) is 4.90 Å². The van der Waals surface area contributed by atoms with Gasteiger partial charge in [0.25, 0.3) is 0 Å². The maximum Gasteiger partial charge on any atom is 0.185 e. The lowest BCUT2D eigenvalue weighted by atomic mass is 9.74. The quantitative estimate of drug-likeness (QED) is 0.172. The van der Waals surface area contributed by atoms with Gasteiger partial charge in [0.15, 0.2) is 5.60 Å². The molecule has 1 heterocycles. The summed E-state index contributed by atoms with van der Waals surface area (Å²) in [4.78, 5) is 2.29. The Kier molecular flexibility index (Phi) is 7.42. The van der Waals surface area contributed by atoms with Gasteiger partial charge in [-0.2, -0.15) is 0 Å². The van der Waals surface area contributed by atoms with Crippen molar-refractivity contribution in [3.8, 4) is 39.1 Å². The average molecular weight is 694 g/mol. The van der Waals surface area contributed by atoms with Gasteiger partial charge < -0.3 is 9.64 Å². The number of hydrogen-bond acceptors (Lipinski definition) is 2. The van der Waals surface area contributed by atoms with Gasteiger partial charge in [-0.05, 0) is 87.5 Å². The normalized spacial score (nSPS) is 14.2. The number of hydrogen-bond donors (Lipinski definition) is 0. The number of para-hydroxylation sites is 2. The van der Waals surface area contributed by atoms with E-state index in [4.69, 9.17) is 4.74 Å². The topological polar surface area (TPSA) is 12.5 Å². The van der Waals surface area contributed by atoms with Gasteiger partial charge in [-0.25, -0.2) is 0 Å². The second kappa shape index (κ2) is 12.5. The first-order valence-electron chi connectivity index (χ1n) is 18.8. The van der Waals surface area contributed by atoms with Gasteiger partial charge in [0.2, 0.25) is 0 Å². The summed E-state index contributed by atoms with van der Waals surface area (Å²) < 4.78 is 7.59. The minimum Gasteiger partial charge on any atom is -0.472 e. The van der Waals surface area contributed by atoms with Crippen molar-refractivity contribution in [3.05, 3.63) is 228 Å². The van der Waals surface area contributed by atoms with Crippen molar-refractivity contribution in [2.45, 2.75) is 24.9 Å². The molecular formula is C52H39NO. The molecule has 1 aliphatic carbocycles. The van der Waals surface area contributed by atoms with Crippen LogP contribution in [-0.4, -0.2) is 0 Å². The highest BCUT2D eigenvalue weighted by molar-refractivity contribution is 5.88. The summed E-state index contributed by atoms with van der Waals surface area (Å²) in [6.45, 7) is 4.67. The van der Waals surface area contributed by atoms with E-state index in [0.29, 0.717) is 0 Å². The highest BCUT2D eigenvalue weighted by atomic mass is 16.5. The molecule has 2 aliphatic rings. The standard InChI is InChI=1S/C52H39NO/c1-51(2)47-26-16-15-25-43(47)46-33-36(28-32-48(46)51)37-27-30-44-45-31-29-42(53(40-21-11-5-12-22-40)41-23-13-6-14-24-41)35-50(45)54-52(49(44)34-37,38-17-7-3-8-18-38)39-19-9-4-10-20-39/h3-35H,1-2H3. The van der Waals surface area contributed by atoms with E-state index in [1.807, 2.05) is 0 Å². The third-order valence-electron chi connectivity index (χ3n) is 11.5. The van der Waals surface area contributed by atoms with Crippen LogP contribution in [0.2, 0.25) is 0 Å². The van der Waals surface area contributed by atoms with Crippen molar-refractivity contribution < 1.29 is 4.74 Å². The van der Waals surface area contributed by atoms with Crippen LogP contribution in [0.1, 0.15) is 41.7 Å². The second-order valence-corrected chi connectivity index (χ2v) is 14.9. The monoisotopic (exact) mass is 693 g/mol. The zero-order chi connectivity index (χ0) is 36.3. The maximum atomic E-state index is 7.59. The van der Waals surface area contributed by atoms with Crippen molar-refractivity contribution in [1.82, 2.24) is 0 Å². The van der Waals surface area contributed by atoms with Gasteiger partial charge in [0, 0.05) is 50.8 Å². The van der Waals surface area contributed by atoms with Gasteiger partial charge in [0.1, 0.15) is 5.75 Å². The van der Waals surface area contributed by atoms with Crippen LogP contribution in [0.25, 0.3) is 33.4 Å². The SMILES string of the molecule is CC1(C)c2ccccc2-c2cc(-c3ccc4c(c3)C(c3ccccc3)(c3ccccc3)Oc3cc(N(c5ccccc5)c5ccccc5)ccc3-4)ccc21. The zero-order valence-corrected chi connectivity index (χ0v) is 30.4.